The molecule has 0 aromatic rings. The molecule has 6 saturated carbocycles. The van der Waals surface area contributed by atoms with Gasteiger partial charge in [-0.3, -0.25) is 0 Å². The summed E-state index contributed by atoms with van der Waals surface area (Å²) in [6, 6.07) is 0. The Labute approximate surface area is 136 Å². The number of rotatable bonds is 3. The van der Waals surface area contributed by atoms with E-state index in [0.717, 1.165) is 49.9 Å². The molecule has 6 rings (SSSR count). The summed E-state index contributed by atoms with van der Waals surface area (Å²) in [4.78, 5) is 2.34. The zero-order chi connectivity index (χ0) is 14.1. The third-order valence-electron chi connectivity index (χ3n) is 7.89. The van der Waals surface area contributed by atoms with Crippen LogP contribution in [0.1, 0.15) is 66.2 Å². The maximum atomic E-state index is 2.57. The number of hydrogen-bond donors (Lipinski definition) is 0. The van der Waals surface area contributed by atoms with Crippen molar-refractivity contribution in [2.75, 3.05) is 0 Å². The van der Waals surface area contributed by atoms with E-state index in [1.165, 1.54) is 9.63 Å². The molecule has 2 heteroatoms. The Bertz CT molecular complexity index is 358. The topological polar surface area (TPSA) is 0 Å². The molecule has 0 amide bonds. The molecule has 6 fully saturated rings. The van der Waals surface area contributed by atoms with E-state index in [1.54, 1.807) is 38.5 Å². The van der Waals surface area contributed by atoms with Crippen molar-refractivity contribution in [2.24, 2.45) is 34.5 Å². The van der Waals surface area contributed by atoms with Gasteiger partial charge in [0.05, 0.1) is 0 Å². The molecule has 114 valence electrons. The second kappa shape index (κ2) is 4.77. The van der Waals surface area contributed by atoms with Crippen molar-refractivity contribution < 1.29 is 0 Å². The first-order valence-corrected chi connectivity index (χ1v) is 15.0. The van der Waals surface area contributed by atoms with Crippen molar-refractivity contribution in [3.8, 4) is 0 Å². The first-order valence-electron chi connectivity index (χ1n) is 8.73. The molecule has 20 heavy (non-hydrogen) atoms. The Morgan fingerprint density at radius 3 is 1.35 bits per heavy atom. The molecule has 0 aromatic heterocycles. The standard InChI is InChI=1S/C18H30Se2/c1-17(2)11-5-7-15(13(17)9-11)19-20-16-8-6-12-10-14(16)18(12,3)4/h11-16H,5-10H2,1-4H3/t11-,12-,13-,14-,15+,16+/m0/s1. The van der Waals surface area contributed by atoms with Crippen LogP contribution in [0.2, 0.25) is 9.63 Å². The molecule has 0 saturated heterocycles. The first kappa shape index (κ1) is 14.6. The molecule has 0 aliphatic heterocycles. The van der Waals surface area contributed by atoms with Gasteiger partial charge in [0.25, 0.3) is 0 Å². The number of fused-ring (bicyclic) bond motifs is 4. The molecule has 6 atom stereocenters. The fraction of sp³-hybridized carbons (Fsp3) is 1.00. The summed E-state index contributed by atoms with van der Waals surface area (Å²) in [6.07, 6.45) is 9.52. The molecule has 0 spiro atoms. The molecular formula is C18H30Se2. The van der Waals surface area contributed by atoms with E-state index < -0.39 is 0 Å². The Balaban J connectivity index is 1.35. The van der Waals surface area contributed by atoms with Crippen LogP contribution in [0, 0.1) is 34.5 Å². The molecule has 6 aliphatic carbocycles. The van der Waals surface area contributed by atoms with Crippen LogP contribution in [0.5, 0.6) is 0 Å². The molecule has 0 N–H and O–H groups in total. The van der Waals surface area contributed by atoms with Crippen LogP contribution in [0.4, 0.5) is 0 Å². The van der Waals surface area contributed by atoms with Gasteiger partial charge in [0.2, 0.25) is 0 Å². The van der Waals surface area contributed by atoms with Crippen molar-refractivity contribution >= 4 is 26.3 Å². The Morgan fingerprint density at radius 2 is 1.05 bits per heavy atom. The van der Waals surface area contributed by atoms with E-state index in [2.05, 4.69) is 27.7 Å². The van der Waals surface area contributed by atoms with Gasteiger partial charge in [-0.25, -0.2) is 0 Å². The third-order valence-corrected chi connectivity index (χ3v) is 18.1. The van der Waals surface area contributed by atoms with E-state index in [4.69, 9.17) is 0 Å². The maximum absolute atomic E-state index is 2.57. The second-order valence-corrected chi connectivity index (χ2v) is 16.7. The summed E-state index contributed by atoms with van der Waals surface area (Å²) < 4.78 is 0. The van der Waals surface area contributed by atoms with Crippen LogP contribution in [-0.2, 0) is 0 Å². The van der Waals surface area contributed by atoms with Gasteiger partial charge >= 0.3 is 137 Å². The van der Waals surface area contributed by atoms with Gasteiger partial charge in [0, 0.05) is 0 Å². The number of hydrogen-bond acceptors (Lipinski definition) is 0. The van der Waals surface area contributed by atoms with Crippen LogP contribution >= 0.6 is 0 Å². The second-order valence-electron chi connectivity index (χ2n) is 9.15. The average Bonchev–Trinajstić information content (AvgIpc) is 2.45. The van der Waals surface area contributed by atoms with E-state index in [-0.39, 0.29) is 0 Å². The van der Waals surface area contributed by atoms with Crippen LogP contribution < -0.4 is 0 Å². The molecule has 0 nitrogen and oxygen atoms in total. The predicted molar refractivity (Wildman–Crippen MR) is 88.2 cm³/mol. The monoisotopic (exact) mass is 406 g/mol. The van der Waals surface area contributed by atoms with Gasteiger partial charge in [-0.1, -0.05) is 0 Å². The van der Waals surface area contributed by atoms with Crippen LogP contribution in [0.3, 0.4) is 0 Å². The van der Waals surface area contributed by atoms with Crippen molar-refractivity contribution in [2.45, 2.75) is 75.9 Å². The summed E-state index contributed by atoms with van der Waals surface area (Å²) >= 11 is 2.01. The quantitative estimate of drug-likeness (QED) is 0.593. The van der Waals surface area contributed by atoms with E-state index in [9.17, 15) is 0 Å². The Hall–Kier alpha value is 1.04. The van der Waals surface area contributed by atoms with Gasteiger partial charge in [0.1, 0.15) is 0 Å². The average molecular weight is 404 g/mol. The van der Waals surface area contributed by atoms with Gasteiger partial charge < -0.3 is 0 Å². The molecule has 4 bridgehead atoms. The van der Waals surface area contributed by atoms with Gasteiger partial charge in [-0.15, -0.1) is 0 Å². The summed E-state index contributed by atoms with van der Waals surface area (Å²) in [6.45, 7) is 10.3. The summed E-state index contributed by atoms with van der Waals surface area (Å²) in [7, 11) is 0. The van der Waals surface area contributed by atoms with E-state index in [0.29, 0.717) is 10.8 Å². The van der Waals surface area contributed by atoms with Gasteiger partial charge in [0.15, 0.2) is 0 Å². The summed E-state index contributed by atoms with van der Waals surface area (Å²) in [5.41, 5.74) is 1.43. The van der Waals surface area contributed by atoms with Crippen molar-refractivity contribution in [3.63, 3.8) is 0 Å². The van der Waals surface area contributed by atoms with Crippen LogP contribution in [0.15, 0.2) is 0 Å². The Morgan fingerprint density at radius 1 is 0.650 bits per heavy atom. The van der Waals surface area contributed by atoms with Crippen molar-refractivity contribution in [1.29, 1.82) is 0 Å². The first-order chi connectivity index (χ1) is 9.40. The fourth-order valence-corrected chi connectivity index (χ4v) is 18.1. The van der Waals surface area contributed by atoms with E-state index in [1.807, 2.05) is 0 Å². The third kappa shape index (κ3) is 1.97. The summed E-state index contributed by atoms with van der Waals surface area (Å²) in [5.74, 6) is 4.42. The Kier molecular flexibility index (Phi) is 3.48. The molecular weight excluding hydrogens is 374 g/mol. The van der Waals surface area contributed by atoms with Gasteiger partial charge in [-0.05, 0) is 0 Å². The zero-order valence-corrected chi connectivity index (χ0v) is 16.9. The molecule has 0 unspecified atom stereocenters. The minimum absolute atomic E-state index is 0.716. The predicted octanol–water partition coefficient (Wildman–Crippen LogP) is 4.80. The molecule has 0 radical (unpaired) electrons. The van der Waals surface area contributed by atoms with Crippen LogP contribution in [-0.4, -0.2) is 26.3 Å². The van der Waals surface area contributed by atoms with E-state index >= 15 is 0 Å². The molecule has 0 heterocycles. The molecule has 0 aromatic carbocycles. The SMILES string of the molecule is CC1(C)[C@H]2CC[C@@H]([Se][Se][C@@H]3CC[C@H]4C[C@@H]3C4(C)C)[C@@H]1C2. The fourth-order valence-electron chi connectivity index (χ4n) is 5.86. The summed E-state index contributed by atoms with van der Waals surface area (Å²) in [5, 5.41) is 0. The van der Waals surface area contributed by atoms with Crippen LogP contribution in [0.25, 0.3) is 0 Å². The normalized spacial score (nSPS) is 51.0. The minimum atomic E-state index is 0.716. The van der Waals surface area contributed by atoms with Crippen molar-refractivity contribution in [3.05, 3.63) is 0 Å². The van der Waals surface area contributed by atoms with Gasteiger partial charge in [-0.2, -0.15) is 0 Å². The van der Waals surface area contributed by atoms with Crippen molar-refractivity contribution in [1.82, 2.24) is 0 Å². The molecule has 6 aliphatic rings. The zero-order valence-electron chi connectivity index (χ0n) is 13.5.